The number of hydrogen-bond donors (Lipinski definition) is 1. The van der Waals surface area contributed by atoms with Gasteiger partial charge in [0.25, 0.3) is 0 Å². The second-order valence-corrected chi connectivity index (χ2v) is 7.42. The Morgan fingerprint density at radius 2 is 2.05 bits per heavy atom. The Balaban J connectivity index is 1.72. The molecule has 1 N–H and O–H groups in total. The number of anilines is 1. The van der Waals surface area contributed by atoms with Crippen molar-refractivity contribution in [2.75, 3.05) is 18.5 Å². The Kier molecular flexibility index (Phi) is 4.21. The van der Waals surface area contributed by atoms with E-state index in [0.29, 0.717) is 5.92 Å². The maximum atomic E-state index is 4.88. The molecule has 116 valence electrons. The summed E-state index contributed by atoms with van der Waals surface area (Å²) in [6.07, 6.45) is 4.06. The fourth-order valence-electron chi connectivity index (χ4n) is 2.84. The van der Waals surface area contributed by atoms with Gasteiger partial charge in [0.05, 0.1) is 0 Å². The molecular formula is C18H29N3. The smallest absolute Gasteiger partial charge is 0.128 e. The van der Waals surface area contributed by atoms with Gasteiger partial charge in [-0.15, -0.1) is 0 Å². The minimum atomic E-state index is 0.484. The molecule has 0 bridgehead atoms. The second kappa shape index (κ2) is 5.96. The summed E-state index contributed by atoms with van der Waals surface area (Å²) in [5, 5.41) is 3.62. The molecule has 1 heterocycles. The molecule has 0 aliphatic heterocycles. The molecular weight excluding hydrogens is 258 g/mol. The molecule has 0 radical (unpaired) electrons. The highest BCUT2D eigenvalue weighted by atomic mass is 15.2. The van der Waals surface area contributed by atoms with Crippen LogP contribution in [0.15, 0.2) is 12.1 Å². The summed E-state index contributed by atoms with van der Waals surface area (Å²) in [7, 11) is 2.19. The van der Waals surface area contributed by atoms with E-state index in [-0.39, 0.29) is 0 Å². The first kappa shape index (κ1) is 14.8. The third-order valence-corrected chi connectivity index (χ3v) is 4.83. The molecule has 3 rings (SSSR count). The molecule has 0 aromatic carbocycles. The van der Waals surface area contributed by atoms with E-state index in [0.717, 1.165) is 36.8 Å². The predicted molar refractivity (Wildman–Crippen MR) is 88.7 cm³/mol. The Bertz CT molecular complexity index is 493. The van der Waals surface area contributed by atoms with Crippen LogP contribution < -0.4 is 10.2 Å². The molecule has 2 saturated carbocycles. The van der Waals surface area contributed by atoms with Gasteiger partial charge in [0.1, 0.15) is 5.82 Å². The average Bonchev–Trinajstić information content (AvgIpc) is 3.36. The van der Waals surface area contributed by atoms with Gasteiger partial charge in [-0.05, 0) is 54.7 Å². The summed E-state index contributed by atoms with van der Waals surface area (Å²) < 4.78 is 0. The van der Waals surface area contributed by atoms with Gasteiger partial charge in [0.2, 0.25) is 0 Å². The number of nitrogens with one attached hydrogen (secondary N) is 1. The summed E-state index contributed by atoms with van der Waals surface area (Å²) >= 11 is 0. The lowest BCUT2D eigenvalue weighted by Gasteiger charge is -2.21. The van der Waals surface area contributed by atoms with Crippen molar-refractivity contribution < 1.29 is 0 Å². The van der Waals surface area contributed by atoms with E-state index in [2.05, 4.69) is 50.2 Å². The molecule has 2 unspecified atom stereocenters. The second-order valence-electron chi connectivity index (χ2n) is 7.42. The summed E-state index contributed by atoms with van der Waals surface area (Å²) in [5.41, 5.74) is 2.60. The highest BCUT2D eigenvalue weighted by Crippen LogP contribution is 2.38. The quantitative estimate of drug-likeness (QED) is 0.831. The van der Waals surface area contributed by atoms with E-state index in [1.807, 2.05) is 0 Å². The first-order valence-corrected chi connectivity index (χ1v) is 8.48. The topological polar surface area (TPSA) is 28.2 Å². The first-order valence-electron chi connectivity index (χ1n) is 8.48. The van der Waals surface area contributed by atoms with Crippen LogP contribution in [0.2, 0.25) is 0 Å². The zero-order chi connectivity index (χ0) is 15.0. The van der Waals surface area contributed by atoms with Crippen molar-refractivity contribution in [2.45, 2.75) is 58.5 Å². The maximum Gasteiger partial charge on any atom is 0.128 e. The summed E-state index contributed by atoms with van der Waals surface area (Å²) in [6.45, 7) is 8.93. The molecule has 1 aromatic rings. The third-order valence-electron chi connectivity index (χ3n) is 4.83. The lowest BCUT2D eigenvalue weighted by molar-refractivity contribution is 0.680. The van der Waals surface area contributed by atoms with Gasteiger partial charge in [-0.3, -0.25) is 0 Å². The Labute approximate surface area is 129 Å². The van der Waals surface area contributed by atoms with E-state index in [9.17, 15) is 0 Å². The van der Waals surface area contributed by atoms with Gasteiger partial charge >= 0.3 is 0 Å². The van der Waals surface area contributed by atoms with Crippen LogP contribution in [0.3, 0.4) is 0 Å². The van der Waals surface area contributed by atoms with E-state index < -0.39 is 0 Å². The summed E-state index contributed by atoms with van der Waals surface area (Å²) in [6, 6.07) is 5.31. The van der Waals surface area contributed by atoms with Crippen molar-refractivity contribution in [3.8, 4) is 0 Å². The number of hydrogen-bond acceptors (Lipinski definition) is 3. The van der Waals surface area contributed by atoms with Crippen molar-refractivity contribution in [2.24, 2.45) is 11.8 Å². The van der Waals surface area contributed by atoms with Gasteiger partial charge in [-0.1, -0.05) is 20.8 Å². The molecule has 0 amide bonds. The predicted octanol–water partition coefficient (Wildman–Crippen LogP) is 3.55. The lowest BCUT2D eigenvalue weighted by Crippen LogP contribution is -2.23. The van der Waals surface area contributed by atoms with Gasteiger partial charge in [0, 0.05) is 31.9 Å². The van der Waals surface area contributed by atoms with E-state index in [4.69, 9.17) is 4.98 Å². The fourth-order valence-corrected chi connectivity index (χ4v) is 2.84. The summed E-state index contributed by atoms with van der Waals surface area (Å²) in [4.78, 5) is 7.23. The molecule has 1 aromatic heterocycles. The van der Waals surface area contributed by atoms with Crippen LogP contribution in [0.4, 0.5) is 5.82 Å². The van der Waals surface area contributed by atoms with Gasteiger partial charge in [-0.25, -0.2) is 4.98 Å². The fraction of sp³-hybridized carbons (Fsp3) is 0.722. The highest BCUT2D eigenvalue weighted by Gasteiger charge is 2.33. The molecule has 2 aliphatic carbocycles. The summed E-state index contributed by atoms with van der Waals surface area (Å²) in [5.74, 6) is 3.40. The standard InChI is InChI=1S/C18H29N3/c1-12(2)17-8-14(10-19-16-5-6-16)9-18(20-17)21(4)11-15-7-13(15)3/h8-9,12-13,15-16,19H,5-7,10-11H2,1-4H3. The maximum absolute atomic E-state index is 4.88. The molecule has 2 atom stereocenters. The van der Waals surface area contributed by atoms with Gasteiger partial charge < -0.3 is 10.2 Å². The lowest BCUT2D eigenvalue weighted by atomic mass is 10.1. The number of nitrogens with zero attached hydrogens (tertiary/aromatic N) is 2. The molecule has 3 nitrogen and oxygen atoms in total. The van der Waals surface area contributed by atoms with Crippen LogP contribution in [0, 0.1) is 11.8 Å². The van der Waals surface area contributed by atoms with Crippen molar-refractivity contribution in [3.63, 3.8) is 0 Å². The van der Waals surface area contributed by atoms with Crippen molar-refractivity contribution in [1.29, 1.82) is 0 Å². The van der Waals surface area contributed by atoms with Crippen LogP contribution in [0.1, 0.15) is 57.2 Å². The van der Waals surface area contributed by atoms with Crippen molar-refractivity contribution in [3.05, 3.63) is 23.4 Å². The molecule has 2 fully saturated rings. The number of pyridine rings is 1. The first-order chi connectivity index (χ1) is 10.0. The Hall–Kier alpha value is -1.09. The molecule has 0 spiro atoms. The Morgan fingerprint density at radius 3 is 2.62 bits per heavy atom. The average molecular weight is 287 g/mol. The van der Waals surface area contributed by atoms with E-state index >= 15 is 0 Å². The number of aromatic nitrogens is 1. The minimum Gasteiger partial charge on any atom is -0.359 e. The van der Waals surface area contributed by atoms with Crippen molar-refractivity contribution in [1.82, 2.24) is 10.3 Å². The molecule has 3 heteroatoms. The van der Waals surface area contributed by atoms with Crippen LogP contribution in [0.25, 0.3) is 0 Å². The van der Waals surface area contributed by atoms with Crippen molar-refractivity contribution >= 4 is 5.82 Å². The van der Waals surface area contributed by atoms with E-state index in [1.54, 1.807) is 0 Å². The molecule has 21 heavy (non-hydrogen) atoms. The van der Waals surface area contributed by atoms with Crippen LogP contribution in [-0.2, 0) is 6.54 Å². The normalized spacial score (nSPS) is 24.4. The zero-order valence-corrected chi connectivity index (χ0v) is 13.9. The largest absolute Gasteiger partial charge is 0.359 e. The highest BCUT2D eigenvalue weighted by molar-refractivity contribution is 5.43. The molecule has 2 aliphatic rings. The van der Waals surface area contributed by atoms with Crippen LogP contribution in [0.5, 0.6) is 0 Å². The minimum absolute atomic E-state index is 0.484. The third kappa shape index (κ3) is 3.97. The van der Waals surface area contributed by atoms with Crippen LogP contribution >= 0.6 is 0 Å². The van der Waals surface area contributed by atoms with Crippen LogP contribution in [-0.4, -0.2) is 24.6 Å². The monoisotopic (exact) mass is 287 g/mol. The van der Waals surface area contributed by atoms with Gasteiger partial charge in [0.15, 0.2) is 0 Å². The zero-order valence-electron chi connectivity index (χ0n) is 13.9. The van der Waals surface area contributed by atoms with E-state index in [1.165, 1.54) is 30.5 Å². The number of rotatable bonds is 7. The Morgan fingerprint density at radius 1 is 1.33 bits per heavy atom. The molecule has 0 saturated heterocycles. The van der Waals surface area contributed by atoms with Gasteiger partial charge in [-0.2, -0.15) is 0 Å². The SMILES string of the molecule is CC(C)c1cc(CNC2CC2)cc(N(C)CC2CC2C)n1.